The Kier molecular flexibility index (Phi) is 3.71. The van der Waals surface area contributed by atoms with E-state index in [1.165, 1.54) is 33.0 Å². The van der Waals surface area contributed by atoms with E-state index in [-0.39, 0.29) is 0 Å². The fourth-order valence-electron chi connectivity index (χ4n) is 4.28. The van der Waals surface area contributed by atoms with Crippen LogP contribution in [-0.4, -0.2) is 4.98 Å². The van der Waals surface area contributed by atoms with Crippen molar-refractivity contribution < 1.29 is 4.42 Å². The first-order chi connectivity index (χ1) is 13.3. The summed E-state index contributed by atoms with van der Waals surface area (Å²) in [4.78, 5) is 5.04. The maximum atomic E-state index is 6.39. The van der Waals surface area contributed by atoms with Crippen molar-refractivity contribution in [1.29, 1.82) is 0 Å². The van der Waals surface area contributed by atoms with Gasteiger partial charge in [0.05, 0.1) is 11.2 Å². The van der Waals surface area contributed by atoms with Crippen molar-refractivity contribution in [3.8, 4) is 11.3 Å². The lowest BCUT2D eigenvalue weighted by Crippen LogP contribution is -2.08. The van der Waals surface area contributed by atoms with Gasteiger partial charge >= 0.3 is 0 Å². The molecule has 2 heterocycles. The van der Waals surface area contributed by atoms with Gasteiger partial charge in [-0.15, -0.1) is 0 Å². The Morgan fingerprint density at radius 3 is 2.48 bits per heavy atom. The summed E-state index contributed by atoms with van der Waals surface area (Å²) in [6.07, 6.45) is 8.33. The molecular formula is C25H21NO. The van der Waals surface area contributed by atoms with Gasteiger partial charge in [-0.25, -0.2) is 4.98 Å². The number of benzene rings is 2. The molecular weight excluding hydrogens is 330 g/mol. The highest BCUT2D eigenvalue weighted by molar-refractivity contribution is 6.02. The van der Waals surface area contributed by atoms with Crippen LogP contribution in [0.2, 0.25) is 0 Å². The molecule has 0 unspecified atom stereocenters. The molecule has 132 valence electrons. The van der Waals surface area contributed by atoms with Crippen LogP contribution in [-0.2, 0) is 12.8 Å². The second kappa shape index (κ2) is 6.24. The van der Waals surface area contributed by atoms with Gasteiger partial charge in [0.2, 0.25) is 0 Å². The Morgan fingerprint density at radius 2 is 1.67 bits per heavy atom. The topological polar surface area (TPSA) is 26.0 Å². The molecule has 5 rings (SSSR count). The number of aryl methyl sites for hydroxylation is 1. The zero-order valence-electron chi connectivity index (χ0n) is 15.6. The Morgan fingerprint density at radius 1 is 0.926 bits per heavy atom. The first kappa shape index (κ1) is 16.1. The zero-order valence-corrected chi connectivity index (χ0v) is 15.6. The van der Waals surface area contributed by atoms with Gasteiger partial charge in [0.25, 0.3) is 0 Å². The van der Waals surface area contributed by atoms with Gasteiger partial charge in [0.15, 0.2) is 0 Å². The van der Waals surface area contributed by atoms with Gasteiger partial charge in [0.1, 0.15) is 11.3 Å². The average molecular weight is 351 g/mol. The van der Waals surface area contributed by atoms with E-state index in [2.05, 4.69) is 67.6 Å². The highest BCUT2D eigenvalue weighted by Gasteiger charge is 2.28. The van der Waals surface area contributed by atoms with E-state index < -0.39 is 0 Å². The third kappa shape index (κ3) is 2.37. The van der Waals surface area contributed by atoms with Gasteiger partial charge in [0, 0.05) is 21.9 Å². The maximum Gasteiger partial charge on any atom is 0.139 e. The van der Waals surface area contributed by atoms with Crippen molar-refractivity contribution in [2.24, 2.45) is 0 Å². The normalized spacial score (nSPS) is 14.1. The molecule has 0 saturated heterocycles. The lowest BCUT2D eigenvalue weighted by Gasteiger charge is -2.21. The molecule has 1 aliphatic carbocycles. The fourth-order valence-corrected chi connectivity index (χ4v) is 4.28. The molecule has 0 fully saturated rings. The second-order valence-electron chi connectivity index (χ2n) is 6.98. The number of hydrogen-bond donors (Lipinski definition) is 0. The summed E-state index contributed by atoms with van der Waals surface area (Å²) in [5.74, 6) is 1.02. The molecule has 0 atom stereocenters. The van der Waals surface area contributed by atoms with Crippen molar-refractivity contribution >= 4 is 27.4 Å². The predicted octanol–water partition coefficient (Wildman–Crippen LogP) is 6.73. The zero-order chi connectivity index (χ0) is 18.4. The lowest BCUT2D eigenvalue weighted by molar-refractivity contribution is 0.622. The summed E-state index contributed by atoms with van der Waals surface area (Å²) in [7, 11) is 0. The molecule has 0 bridgehead atoms. The van der Waals surface area contributed by atoms with Gasteiger partial charge < -0.3 is 4.42 Å². The highest BCUT2D eigenvalue weighted by Crippen LogP contribution is 2.45. The van der Waals surface area contributed by atoms with Gasteiger partial charge in [-0.05, 0) is 50.0 Å². The first-order valence-electron chi connectivity index (χ1n) is 9.53. The number of fused-ring (bicyclic) bond motifs is 7. The molecule has 0 saturated carbocycles. The Hall–Kier alpha value is -3.13. The summed E-state index contributed by atoms with van der Waals surface area (Å²) in [5, 5.41) is 2.41. The van der Waals surface area contributed by atoms with E-state index in [4.69, 9.17) is 9.40 Å². The maximum absolute atomic E-state index is 6.39. The summed E-state index contributed by atoms with van der Waals surface area (Å²) >= 11 is 0. The van der Waals surface area contributed by atoms with Crippen molar-refractivity contribution in [2.75, 3.05) is 0 Å². The number of para-hydroxylation sites is 2. The molecule has 2 aromatic carbocycles. The van der Waals surface area contributed by atoms with Crippen LogP contribution >= 0.6 is 0 Å². The molecule has 0 N–H and O–H groups in total. The quantitative estimate of drug-likeness (QED) is 0.374. The smallest absolute Gasteiger partial charge is 0.139 e. The van der Waals surface area contributed by atoms with Gasteiger partial charge in [-0.3, -0.25) is 0 Å². The molecule has 0 aliphatic heterocycles. The minimum absolute atomic E-state index is 0.970. The van der Waals surface area contributed by atoms with Crippen LogP contribution in [0.15, 0.2) is 71.2 Å². The largest absolute Gasteiger partial charge is 0.456 e. The summed E-state index contributed by atoms with van der Waals surface area (Å²) in [5.41, 5.74) is 8.08. The summed E-state index contributed by atoms with van der Waals surface area (Å²) < 4.78 is 6.39. The van der Waals surface area contributed by atoms with Crippen LogP contribution in [0.4, 0.5) is 0 Å². The molecule has 0 spiro atoms. The summed E-state index contributed by atoms with van der Waals surface area (Å²) in [6, 6.07) is 16.8. The van der Waals surface area contributed by atoms with E-state index in [1.54, 1.807) is 0 Å². The molecule has 0 radical (unpaired) electrons. The van der Waals surface area contributed by atoms with E-state index in [1.807, 2.05) is 13.0 Å². The van der Waals surface area contributed by atoms with E-state index in [9.17, 15) is 0 Å². The van der Waals surface area contributed by atoms with Crippen LogP contribution in [0.3, 0.4) is 0 Å². The SMILES string of the molecule is C/C=C\C(=C/C)c1nc2ccccc2c2c1CCc1c-2oc2ccccc12. The number of hydrogen-bond acceptors (Lipinski definition) is 2. The molecule has 2 aromatic heterocycles. The third-order valence-electron chi connectivity index (χ3n) is 5.47. The number of rotatable bonds is 2. The van der Waals surface area contributed by atoms with Crippen molar-refractivity contribution in [2.45, 2.75) is 26.7 Å². The number of allylic oxidation sites excluding steroid dienone is 4. The molecule has 0 amide bonds. The molecule has 1 aliphatic rings. The standard InChI is InChI=1S/C25H21NO/c1-3-9-16(4-2)24-20-15-14-18-17-10-6-8-13-22(17)27-25(18)23(20)19-11-5-7-12-21(19)26-24/h3-13H,14-15H2,1-2H3/b9-3-,16-4+. The van der Waals surface area contributed by atoms with Crippen LogP contribution in [0.25, 0.3) is 38.8 Å². The highest BCUT2D eigenvalue weighted by atomic mass is 16.3. The average Bonchev–Trinajstić information content (AvgIpc) is 3.10. The molecule has 4 aromatic rings. The first-order valence-corrected chi connectivity index (χ1v) is 9.53. The fraction of sp³-hybridized carbons (Fsp3) is 0.160. The van der Waals surface area contributed by atoms with E-state index in [0.29, 0.717) is 0 Å². The Balaban J connectivity index is 1.92. The van der Waals surface area contributed by atoms with Crippen molar-refractivity contribution in [3.63, 3.8) is 0 Å². The predicted molar refractivity (Wildman–Crippen MR) is 113 cm³/mol. The van der Waals surface area contributed by atoms with Gasteiger partial charge in [-0.1, -0.05) is 54.6 Å². The third-order valence-corrected chi connectivity index (χ3v) is 5.47. The van der Waals surface area contributed by atoms with Crippen LogP contribution < -0.4 is 0 Å². The van der Waals surface area contributed by atoms with Crippen LogP contribution in [0, 0.1) is 0 Å². The molecule has 27 heavy (non-hydrogen) atoms. The van der Waals surface area contributed by atoms with Crippen LogP contribution in [0.5, 0.6) is 0 Å². The van der Waals surface area contributed by atoms with Crippen molar-refractivity contribution in [3.05, 3.63) is 83.6 Å². The van der Waals surface area contributed by atoms with E-state index >= 15 is 0 Å². The minimum Gasteiger partial charge on any atom is -0.456 e. The van der Waals surface area contributed by atoms with Gasteiger partial charge in [-0.2, -0.15) is 0 Å². The monoisotopic (exact) mass is 351 g/mol. The Bertz CT molecular complexity index is 1240. The minimum atomic E-state index is 0.970. The number of pyridine rings is 1. The molecule has 2 nitrogen and oxygen atoms in total. The number of nitrogens with zero attached hydrogens (tertiary/aromatic N) is 1. The number of furan rings is 1. The number of aromatic nitrogens is 1. The Labute approximate surface area is 158 Å². The van der Waals surface area contributed by atoms with Crippen molar-refractivity contribution in [1.82, 2.24) is 4.98 Å². The second-order valence-corrected chi connectivity index (χ2v) is 6.98. The lowest BCUT2D eigenvalue weighted by atomic mass is 9.84. The molecule has 2 heteroatoms. The van der Waals surface area contributed by atoms with E-state index in [0.717, 1.165) is 35.4 Å². The van der Waals surface area contributed by atoms with Crippen LogP contribution in [0.1, 0.15) is 30.7 Å². The summed E-state index contributed by atoms with van der Waals surface area (Å²) in [6.45, 7) is 4.13.